The Bertz CT molecular complexity index is 1050. The standard InChI is InChI=1S/C17H17N5O2/c1-10-4-5-15-19-14(9-21(15)6-10)17(24)22-7-12-13(8-22)18-11(2)20(3)16(12)23/h4-6,9H,7-8H2,1-3H3. The fraction of sp³-hybridized carbons (Fsp3) is 0.294. The van der Waals surface area contributed by atoms with Crippen molar-refractivity contribution >= 4 is 11.6 Å². The van der Waals surface area contributed by atoms with E-state index in [0.717, 1.165) is 11.2 Å². The van der Waals surface area contributed by atoms with Gasteiger partial charge in [0, 0.05) is 19.4 Å². The van der Waals surface area contributed by atoms with Gasteiger partial charge in [0.05, 0.1) is 24.3 Å². The maximum atomic E-state index is 12.8. The molecule has 0 aliphatic carbocycles. The molecule has 0 N–H and O–H groups in total. The highest BCUT2D eigenvalue weighted by Crippen LogP contribution is 2.20. The fourth-order valence-electron chi connectivity index (χ4n) is 3.04. The molecule has 0 saturated carbocycles. The maximum absolute atomic E-state index is 12.8. The van der Waals surface area contributed by atoms with Crippen molar-refractivity contribution < 1.29 is 4.79 Å². The molecule has 0 unspecified atom stereocenters. The van der Waals surface area contributed by atoms with Crippen molar-refractivity contribution in [1.29, 1.82) is 0 Å². The Hall–Kier alpha value is -2.96. The van der Waals surface area contributed by atoms with E-state index in [1.54, 1.807) is 25.1 Å². The third-order valence-electron chi connectivity index (χ3n) is 4.49. The Balaban J connectivity index is 1.68. The lowest BCUT2D eigenvalue weighted by molar-refractivity contribution is 0.0745. The Kier molecular flexibility index (Phi) is 3.06. The minimum absolute atomic E-state index is 0.0848. The number of nitrogens with zero attached hydrogens (tertiary/aromatic N) is 5. The number of amides is 1. The molecule has 0 radical (unpaired) electrons. The third-order valence-corrected chi connectivity index (χ3v) is 4.49. The van der Waals surface area contributed by atoms with Crippen LogP contribution in [0.5, 0.6) is 0 Å². The van der Waals surface area contributed by atoms with E-state index in [1.807, 2.05) is 29.7 Å². The topological polar surface area (TPSA) is 72.5 Å². The Morgan fingerprint density at radius 1 is 1.12 bits per heavy atom. The van der Waals surface area contributed by atoms with Crippen molar-refractivity contribution in [2.45, 2.75) is 26.9 Å². The number of pyridine rings is 1. The number of aromatic nitrogens is 4. The summed E-state index contributed by atoms with van der Waals surface area (Å²) < 4.78 is 3.35. The molecule has 0 spiro atoms. The first kappa shape index (κ1) is 14.6. The number of aryl methyl sites for hydroxylation is 2. The first-order valence-corrected chi connectivity index (χ1v) is 7.74. The van der Waals surface area contributed by atoms with E-state index >= 15 is 0 Å². The summed E-state index contributed by atoms with van der Waals surface area (Å²) >= 11 is 0. The van der Waals surface area contributed by atoms with Gasteiger partial charge < -0.3 is 9.30 Å². The molecule has 0 bridgehead atoms. The van der Waals surface area contributed by atoms with Crippen molar-refractivity contribution in [3.05, 3.63) is 63.2 Å². The summed E-state index contributed by atoms with van der Waals surface area (Å²) in [7, 11) is 1.69. The summed E-state index contributed by atoms with van der Waals surface area (Å²) in [6.07, 6.45) is 3.66. The molecule has 0 atom stereocenters. The average Bonchev–Trinajstić information content (AvgIpc) is 3.15. The van der Waals surface area contributed by atoms with Crippen LogP contribution in [0, 0.1) is 13.8 Å². The molecule has 0 fully saturated rings. The lowest BCUT2D eigenvalue weighted by atomic mass is 10.2. The summed E-state index contributed by atoms with van der Waals surface area (Å²) in [6.45, 7) is 4.40. The molecule has 122 valence electrons. The van der Waals surface area contributed by atoms with Gasteiger partial charge >= 0.3 is 0 Å². The van der Waals surface area contributed by atoms with Crippen LogP contribution in [0.25, 0.3) is 5.65 Å². The monoisotopic (exact) mass is 323 g/mol. The van der Waals surface area contributed by atoms with Gasteiger partial charge in [0.25, 0.3) is 11.5 Å². The smallest absolute Gasteiger partial charge is 0.274 e. The molecule has 3 aromatic heterocycles. The van der Waals surface area contributed by atoms with Crippen molar-refractivity contribution in [3.8, 4) is 0 Å². The van der Waals surface area contributed by atoms with Gasteiger partial charge in [-0.25, -0.2) is 9.97 Å². The third kappa shape index (κ3) is 2.12. The SMILES string of the molecule is Cc1ccc2nc(C(=O)N3Cc4nc(C)n(C)c(=O)c4C3)cn2c1. The van der Waals surface area contributed by atoms with E-state index in [1.165, 1.54) is 4.57 Å². The van der Waals surface area contributed by atoms with Crippen LogP contribution < -0.4 is 5.56 Å². The number of carbonyl (C=O) groups is 1. The Morgan fingerprint density at radius 3 is 2.71 bits per heavy atom. The van der Waals surface area contributed by atoms with Crippen molar-refractivity contribution in [2.24, 2.45) is 7.05 Å². The maximum Gasteiger partial charge on any atom is 0.274 e. The molecule has 1 aliphatic heterocycles. The molecule has 1 amide bonds. The van der Waals surface area contributed by atoms with Crippen molar-refractivity contribution in [1.82, 2.24) is 23.8 Å². The van der Waals surface area contributed by atoms with Gasteiger partial charge in [-0.15, -0.1) is 0 Å². The normalized spacial score (nSPS) is 13.5. The summed E-state index contributed by atoms with van der Waals surface area (Å²) in [5.41, 5.74) is 3.39. The molecular formula is C17H17N5O2. The molecule has 3 aromatic rings. The molecule has 7 nitrogen and oxygen atoms in total. The largest absolute Gasteiger partial charge is 0.327 e. The second-order valence-electron chi connectivity index (χ2n) is 6.21. The van der Waals surface area contributed by atoms with E-state index in [9.17, 15) is 9.59 Å². The Morgan fingerprint density at radius 2 is 1.92 bits per heavy atom. The second-order valence-corrected chi connectivity index (χ2v) is 6.21. The van der Waals surface area contributed by atoms with Crippen LogP contribution in [0.4, 0.5) is 0 Å². The molecule has 4 heterocycles. The van der Waals surface area contributed by atoms with Crippen LogP contribution in [0.2, 0.25) is 0 Å². The van der Waals surface area contributed by atoms with Gasteiger partial charge in [0.2, 0.25) is 0 Å². The summed E-state index contributed by atoms with van der Waals surface area (Å²) in [4.78, 5) is 35.5. The van der Waals surface area contributed by atoms with Crippen LogP contribution in [-0.4, -0.2) is 29.7 Å². The molecule has 0 aromatic carbocycles. The van der Waals surface area contributed by atoms with E-state index < -0.39 is 0 Å². The van der Waals surface area contributed by atoms with Crippen LogP contribution in [-0.2, 0) is 20.1 Å². The minimum atomic E-state index is -0.186. The lowest BCUT2D eigenvalue weighted by Gasteiger charge is -2.12. The average molecular weight is 323 g/mol. The molecule has 7 heteroatoms. The zero-order valence-corrected chi connectivity index (χ0v) is 13.8. The Labute approximate surface area is 138 Å². The van der Waals surface area contributed by atoms with E-state index in [0.29, 0.717) is 29.3 Å². The number of fused-ring (bicyclic) bond motifs is 2. The van der Waals surface area contributed by atoms with E-state index in [4.69, 9.17) is 0 Å². The zero-order chi connectivity index (χ0) is 17.0. The van der Waals surface area contributed by atoms with Gasteiger partial charge in [-0.1, -0.05) is 6.07 Å². The summed E-state index contributed by atoms with van der Waals surface area (Å²) in [6, 6.07) is 3.84. The second kappa shape index (κ2) is 5.02. The lowest BCUT2D eigenvalue weighted by Crippen LogP contribution is -2.27. The van der Waals surface area contributed by atoms with Crippen molar-refractivity contribution in [3.63, 3.8) is 0 Å². The van der Waals surface area contributed by atoms with Crippen LogP contribution in [0.15, 0.2) is 29.3 Å². The molecular weight excluding hydrogens is 306 g/mol. The van der Waals surface area contributed by atoms with Crippen LogP contribution in [0.1, 0.15) is 33.1 Å². The summed E-state index contributed by atoms with van der Waals surface area (Å²) in [5.74, 6) is 0.463. The van der Waals surface area contributed by atoms with Gasteiger partial charge in [0.1, 0.15) is 17.2 Å². The molecule has 1 aliphatic rings. The molecule has 0 saturated heterocycles. The number of rotatable bonds is 1. The predicted molar refractivity (Wildman–Crippen MR) is 87.7 cm³/mol. The fourth-order valence-corrected chi connectivity index (χ4v) is 3.04. The minimum Gasteiger partial charge on any atom is -0.327 e. The molecule has 24 heavy (non-hydrogen) atoms. The summed E-state index contributed by atoms with van der Waals surface area (Å²) in [5, 5.41) is 0. The van der Waals surface area contributed by atoms with Crippen LogP contribution >= 0.6 is 0 Å². The van der Waals surface area contributed by atoms with Gasteiger partial charge in [-0.2, -0.15) is 0 Å². The quantitative estimate of drug-likeness (QED) is 0.674. The highest BCUT2D eigenvalue weighted by atomic mass is 16.2. The van der Waals surface area contributed by atoms with Crippen molar-refractivity contribution in [2.75, 3.05) is 0 Å². The number of hydrogen-bond acceptors (Lipinski definition) is 4. The van der Waals surface area contributed by atoms with E-state index in [2.05, 4.69) is 9.97 Å². The highest BCUT2D eigenvalue weighted by molar-refractivity contribution is 5.93. The van der Waals surface area contributed by atoms with E-state index in [-0.39, 0.29) is 18.0 Å². The number of carbonyl (C=O) groups excluding carboxylic acids is 1. The first-order chi connectivity index (χ1) is 11.4. The van der Waals surface area contributed by atoms with Gasteiger partial charge in [-0.05, 0) is 25.5 Å². The van der Waals surface area contributed by atoms with Gasteiger partial charge in [-0.3, -0.25) is 14.2 Å². The number of imidazole rings is 1. The zero-order valence-electron chi connectivity index (χ0n) is 13.8. The highest BCUT2D eigenvalue weighted by Gasteiger charge is 2.29. The number of hydrogen-bond donors (Lipinski definition) is 0. The van der Waals surface area contributed by atoms with Crippen LogP contribution in [0.3, 0.4) is 0 Å². The predicted octanol–water partition coefficient (Wildman–Crippen LogP) is 1.20. The molecule has 4 rings (SSSR count). The van der Waals surface area contributed by atoms with Gasteiger partial charge in [0.15, 0.2) is 0 Å². The first-order valence-electron chi connectivity index (χ1n) is 7.74.